The van der Waals surface area contributed by atoms with Gasteiger partial charge in [0.2, 0.25) is 0 Å². The third-order valence-corrected chi connectivity index (χ3v) is 4.14. The standard InChI is InChI=1S/C16H10F2OS/c17-13-5-3-6-14(18)11(13)8-15(19)12-9-20-16-7-2-1-4-10(12)16/h1-7,9H,8H2. The minimum Gasteiger partial charge on any atom is -0.294 e. The Bertz CT molecular complexity index is 772. The zero-order valence-corrected chi connectivity index (χ0v) is 11.2. The third-order valence-electron chi connectivity index (χ3n) is 3.18. The number of fused-ring (bicyclic) bond motifs is 1. The van der Waals surface area contributed by atoms with Crippen molar-refractivity contribution in [3.63, 3.8) is 0 Å². The van der Waals surface area contributed by atoms with Gasteiger partial charge in [-0.05, 0) is 18.2 Å². The molecule has 0 N–H and O–H groups in total. The minimum absolute atomic E-state index is 0.173. The van der Waals surface area contributed by atoms with E-state index in [1.54, 1.807) is 5.38 Å². The number of halogens is 2. The summed E-state index contributed by atoms with van der Waals surface area (Å²) < 4.78 is 28.1. The monoisotopic (exact) mass is 288 g/mol. The molecule has 0 radical (unpaired) electrons. The van der Waals surface area contributed by atoms with E-state index in [9.17, 15) is 13.6 Å². The Kier molecular flexibility index (Phi) is 3.32. The van der Waals surface area contributed by atoms with Crippen molar-refractivity contribution < 1.29 is 13.6 Å². The van der Waals surface area contributed by atoms with Gasteiger partial charge in [-0.25, -0.2) is 8.78 Å². The van der Waals surface area contributed by atoms with Crippen LogP contribution in [-0.2, 0) is 6.42 Å². The molecule has 0 atom stereocenters. The van der Waals surface area contributed by atoms with E-state index in [0.29, 0.717) is 5.56 Å². The largest absolute Gasteiger partial charge is 0.294 e. The Morgan fingerprint density at radius 3 is 2.45 bits per heavy atom. The van der Waals surface area contributed by atoms with Crippen LogP contribution in [0.4, 0.5) is 8.78 Å². The summed E-state index contributed by atoms with van der Waals surface area (Å²) in [6.07, 6.45) is -0.265. The average Bonchev–Trinajstić information content (AvgIpc) is 2.87. The highest BCUT2D eigenvalue weighted by molar-refractivity contribution is 7.17. The van der Waals surface area contributed by atoms with Crippen LogP contribution in [0.3, 0.4) is 0 Å². The summed E-state index contributed by atoms with van der Waals surface area (Å²) in [6.45, 7) is 0. The maximum absolute atomic E-state index is 13.6. The molecule has 0 unspecified atom stereocenters. The summed E-state index contributed by atoms with van der Waals surface area (Å²) in [6, 6.07) is 11.1. The van der Waals surface area contributed by atoms with Crippen LogP contribution in [0.25, 0.3) is 10.1 Å². The van der Waals surface area contributed by atoms with Gasteiger partial charge in [-0.3, -0.25) is 4.79 Å². The minimum atomic E-state index is -0.683. The first-order chi connectivity index (χ1) is 9.66. The molecule has 20 heavy (non-hydrogen) atoms. The molecule has 0 amide bonds. The Morgan fingerprint density at radius 2 is 1.70 bits per heavy atom. The van der Waals surface area contributed by atoms with Crippen LogP contribution in [0.15, 0.2) is 47.8 Å². The second kappa shape index (κ2) is 5.13. The van der Waals surface area contributed by atoms with Gasteiger partial charge in [0.05, 0.1) is 0 Å². The molecule has 100 valence electrons. The highest BCUT2D eigenvalue weighted by Crippen LogP contribution is 2.27. The Balaban J connectivity index is 1.98. The molecule has 0 bridgehead atoms. The lowest BCUT2D eigenvalue weighted by Crippen LogP contribution is -2.06. The van der Waals surface area contributed by atoms with Gasteiger partial charge in [0.1, 0.15) is 11.6 Å². The fourth-order valence-corrected chi connectivity index (χ4v) is 3.12. The smallest absolute Gasteiger partial charge is 0.168 e. The van der Waals surface area contributed by atoms with Gasteiger partial charge < -0.3 is 0 Å². The lowest BCUT2D eigenvalue weighted by atomic mass is 10.0. The molecule has 2 aromatic carbocycles. The molecular weight excluding hydrogens is 278 g/mol. The van der Waals surface area contributed by atoms with Gasteiger partial charge in [-0.1, -0.05) is 24.3 Å². The van der Waals surface area contributed by atoms with Crippen molar-refractivity contribution in [1.29, 1.82) is 0 Å². The first-order valence-corrected chi connectivity index (χ1v) is 6.97. The number of rotatable bonds is 3. The van der Waals surface area contributed by atoms with Crippen molar-refractivity contribution in [2.75, 3.05) is 0 Å². The van der Waals surface area contributed by atoms with Crippen LogP contribution in [0.1, 0.15) is 15.9 Å². The van der Waals surface area contributed by atoms with E-state index in [0.717, 1.165) is 22.2 Å². The van der Waals surface area contributed by atoms with E-state index in [4.69, 9.17) is 0 Å². The number of Topliss-reactive ketones (excluding diaryl/α,β-unsaturated/α-hetero) is 1. The molecular formula is C16H10F2OS. The molecule has 1 nitrogen and oxygen atoms in total. The number of hydrogen-bond donors (Lipinski definition) is 0. The zero-order chi connectivity index (χ0) is 14.1. The Hall–Kier alpha value is -2.07. The van der Waals surface area contributed by atoms with E-state index in [-0.39, 0.29) is 17.8 Å². The summed E-state index contributed by atoms with van der Waals surface area (Å²) in [5.74, 6) is -1.64. The van der Waals surface area contributed by atoms with Crippen molar-refractivity contribution >= 4 is 27.2 Å². The molecule has 1 aromatic heterocycles. The van der Waals surface area contributed by atoms with Gasteiger partial charge >= 0.3 is 0 Å². The normalized spacial score (nSPS) is 10.9. The molecule has 0 spiro atoms. The summed E-state index contributed by atoms with van der Waals surface area (Å²) >= 11 is 1.45. The van der Waals surface area contributed by atoms with Crippen molar-refractivity contribution in [3.05, 3.63) is 70.6 Å². The van der Waals surface area contributed by atoms with Gasteiger partial charge in [-0.2, -0.15) is 0 Å². The molecule has 0 aliphatic carbocycles. The number of ketones is 1. The molecule has 3 aromatic rings. The molecule has 0 fully saturated rings. The van der Waals surface area contributed by atoms with Gasteiger partial charge in [0, 0.05) is 33.0 Å². The number of carbonyl (C=O) groups is 1. The lowest BCUT2D eigenvalue weighted by molar-refractivity contribution is 0.0992. The van der Waals surface area contributed by atoms with Crippen LogP contribution in [0.5, 0.6) is 0 Å². The quantitative estimate of drug-likeness (QED) is 0.643. The Morgan fingerprint density at radius 1 is 1.00 bits per heavy atom. The van der Waals surface area contributed by atoms with Crippen molar-refractivity contribution in [3.8, 4) is 0 Å². The first kappa shape index (κ1) is 12.9. The van der Waals surface area contributed by atoms with Crippen LogP contribution in [-0.4, -0.2) is 5.78 Å². The highest BCUT2D eigenvalue weighted by atomic mass is 32.1. The fraction of sp³-hybridized carbons (Fsp3) is 0.0625. The zero-order valence-electron chi connectivity index (χ0n) is 10.4. The number of benzene rings is 2. The van der Waals surface area contributed by atoms with Crippen molar-refractivity contribution in [1.82, 2.24) is 0 Å². The molecule has 4 heteroatoms. The molecule has 0 aliphatic rings. The van der Waals surface area contributed by atoms with Crippen LogP contribution in [0.2, 0.25) is 0 Å². The SMILES string of the molecule is O=C(Cc1c(F)cccc1F)c1csc2ccccc12. The van der Waals surface area contributed by atoms with E-state index in [2.05, 4.69) is 0 Å². The fourth-order valence-electron chi connectivity index (χ4n) is 2.15. The predicted octanol–water partition coefficient (Wildman–Crippen LogP) is 4.60. The average molecular weight is 288 g/mol. The second-order valence-corrected chi connectivity index (χ2v) is 5.36. The third kappa shape index (κ3) is 2.23. The van der Waals surface area contributed by atoms with Crippen molar-refractivity contribution in [2.45, 2.75) is 6.42 Å². The maximum atomic E-state index is 13.6. The maximum Gasteiger partial charge on any atom is 0.168 e. The molecule has 3 rings (SSSR count). The van der Waals surface area contributed by atoms with Crippen LogP contribution >= 0.6 is 11.3 Å². The molecule has 1 heterocycles. The summed E-state index contributed by atoms with van der Waals surface area (Å²) in [7, 11) is 0. The van der Waals surface area contributed by atoms with Crippen LogP contribution in [0, 0.1) is 11.6 Å². The van der Waals surface area contributed by atoms with Gasteiger partial charge in [0.15, 0.2) is 5.78 Å². The van der Waals surface area contributed by atoms with Crippen molar-refractivity contribution in [2.24, 2.45) is 0 Å². The van der Waals surface area contributed by atoms with E-state index < -0.39 is 11.6 Å². The van der Waals surface area contributed by atoms with Gasteiger partial charge in [-0.15, -0.1) is 11.3 Å². The van der Waals surface area contributed by atoms with Crippen LogP contribution < -0.4 is 0 Å². The molecule has 0 saturated carbocycles. The number of carbonyl (C=O) groups excluding carboxylic acids is 1. The van der Waals surface area contributed by atoms with E-state index >= 15 is 0 Å². The predicted molar refractivity (Wildman–Crippen MR) is 76.2 cm³/mol. The molecule has 0 saturated heterocycles. The summed E-state index contributed by atoms with van der Waals surface area (Å²) in [4.78, 5) is 12.3. The van der Waals surface area contributed by atoms with Gasteiger partial charge in [0.25, 0.3) is 0 Å². The summed E-state index contributed by atoms with van der Waals surface area (Å²) in [5.41, 5.74) is 0.348. The topological polar surface area (TPSA) is 17.1 Å². The van der Waals surface area contributed by atoms with E-state index in [1.807, 2.05) is 24.3 Å². The number of thiophene rings is 1. The first-order valence-electron chi connectivity index (χ1n) is 6.09. The summed E-state index contributed by atoms with van der Waals surface area (Å²) in [5, 5.41) is 2.57. The molecule has 0 aliphatic heterocycles. The highest BCUT2D eigenvalue weighted by Gasteiger charge is 2.17. The second-order valence-electron chi connectivity index (χ2n) is 4.45. The lowest BCUT2D eigenvalue weighted by Gasteiger charge is -2.04. The Labute approximate surface area is 118 Å². The number of hydrogen-bond acceptors (Lipinski definition) is 2. The van der Waals surface area contributed by atoms with E-state index in [1.165, 1.54) is 17.4 Å².